The maximum atomic E-state index is 5.13. The van der Waals surface area contributed by atoms with E-state index in [9.17, 15) is 0 Å². The molecule has 186 valence electrons. The molecule has 0 atom stereocenters. The van der Waals surface area contributed by atoms with Gasteiger partial charge in [0.2, 0.25) is 0 Å². The molecular weight excluding hydrogens is 484 g/mol. The molecule has 0 saturated heterocycles. The van der Waals surface area contributed by atoms with Crippen molar-refractivity contribution in [1.82, 2.24) is 9.97 Å². The van der Waals surface area contributed by atoms with Crippen molar-refractivity contribution in [3.05, 3.63) is 146 Å². The largest absolute Gasteiger partial charge is 0.228 e. The summed E-state index contributed by atoms with van der Waals surface area (Å²) in [6, 6.07) is 51.6. The van der Waals surface area contributed by atoms with Crippen molar-refractivity contribution in [3.8, 4) is 33.9 Å². The Kier molecular flexibility index (Phi) is 5.17. The van der Waals surface area contributed by atoms with Crippen molar-refractivity contribution in [2.75, 3.05) is 0 Å². The molecule has 0 saturated carbocycles. The van der Waals surface area contributed by atoms with Crippen molar-refractivity contribution in [1.29, 1.82) is 0 Å². The number of hydrogen-bond donors (Lipinski definition) is 0. The molecule has 2 nitrogen and oxygen atoms in total. The van der Waals surface area contributed by atoms with E-state index in [4.69, 9.17) is 9.97 Å². The lowest BCUT2D eigenvalue weighted by Gasteiger charge is -2.13. The molecule has 1 aromatic heterocycles. The van der Waals surface area contributed by atoms with Crippen molar-refractivity contribution in [3.63, 3.8) is 0 Å². The fourth-order valence-corrected chi connectivity index (χ4v) is 5.80. The van der Waals surface area contributed by atoms with Crippen LogP contribution in [0.2, 0.25) is 0 Å². The van der Waals surface area contributed by atoms with Gasteiger partial charge in [-0.1, -0.05) is 121 Å². The highest BCUT2D eigenvalue weighted by molar-refractivity contribution is 6.15. The summed E-state index contributed by atoms with van der Waals surface area (Å²) < 4.78 is 0. The van der Waals surface area contributed by atoms with Gasteiger partial charge in [-0.3, -0.25) is 0 Å². The van der Waals surface area contributed by atoms with E-state index in [0.29, 0.717) is 0 Å². The molecule has 7 aromatic carbocycles. The molecule has 8 aromatic rings. The van der Waals surface area contributed by atoms with E-state index < -0.39 is 0 Å². The first-order valence-corrected chi connectivity index (χ1v) is 13.6. The summed E-state index contributed by atoms with van der Waals surface area (Å²) >= 11 is 0. The Bertz CT molecular complexity index is 2210. The number of hydrogen-bond acceptors (Lipinski definition) is 2. The molecule has 8 rings (SSSR count). The number of benzene rings is 7. The normalized spacial score (nSPS) is 11.5. The smallest absolute Gasteiger partial charge is 0.160 e. The molecule has 0 amide bonds. The molecule has 1 heterocycles. The monoisotopic (exact) mass is 508 g/mol. The van der Waals surface area contributed by atoms with E-state index in [2.05, 4.69) is 127 Å². The van der Waals surface area contributed by atoms with Crippen LogP contribution in [0.15, 0.2) is 146 Å². The van der Waals surface area contributed by atoms with Crippen LogP contribution in [0.1, 0.15) is 0 Å². The zero-order valence-corrected chi connectivity index (χ0v) is 21.8. The molecule has 40 heavy (non-hydrogen) atoms. The zero-order valence-electron chi connectivity index (χ0n) is 21.8. The van der Waals surface area contributed by atoms with Crippen LogP contribution in [0, 0.1) is 0 Å². The topological polar surface area (TPSA) is 25.8 Å². The maximum Gasteiger partial charge on any atom is 0.160 e. The summed E-state index contributed by atoms with van der Waals surface area (Å²) in [7, 11) is 0. The van der Waals surface area contributed by atoms with E-state index >= 15 is 0 Å². The number of nitrogens with zero attached hydrogens (tertiary/aromatic N) is 2. The van der Waals surface area contributed by atoms with Gasteiger partial charge in [0.25, 0.3) is 0 Å². The van der Waals surface area contributed by atoms with Crippen LogP contribution in [-0.4, -0.2) is 9.97 Å². The summed E-state index contributed by atoms with van der Waals surface area (Å²) in [6.45, 7) is 0. The molecule has 0 aliphatic carbocycles. The molecule has 0 N–H and O–H groups in total. The van der Waals surface area contributed by atoms with Gasteiger partial charge in [-0.2, -0.15) is 0 Å². The Morgan fingerprint density at radius 3 is 1.82 bits per heavy atom. The first-order valence-electron chi connectivity index (χ1n) is 13.6. The maximum absolute atomic E-state index is 5.13. The molecule has 0 bridgehead atoms. The Labute approximate surface area is 232 Å². The fraction of sp³-hybridized carbons (Fsp3) is 0. The standard InChI is InChI=1S/C38H24N2/c1-2-10-26(11-3-1)38-39-36(31-18-17-25-9-4-5-12-27(25)22-31)24-37(40-38)34-16-8-15-32-33(34)20-19-30-21-28-13-6-7-14-29(28)23-35(30)32/h1-24H. The molecule has 0 radical (unpaired) electrons. The average molecular weight is 509 g/mol. The lowest BCUT2D eigenvalue weighted by molar-refractivity contribution is 1.19. The van der Waals surface area contributed by atoms with Gasteiger partial charge >= 0.3 is 0 Å². The van der Waals surface area contributed by atoms with Gasteiger partial charge in [-0.05, 0) is 67.4 Å². The van der Waals surface area contributed by atoms with Crippen LogP contribution < -0.4 is 0 Å². The Morgan fingerprint density at radius 1 is 0.325 bits per heavy atom. The van der Waals surface area contributed by atoms with Crippen LogP contribution >= 0.6 is 0 Å². The average Bonchev–Trinajstić information content (AvgIpc) is 3.03. The van der Waals surface area contributed by atoms with Gasteiger partial charge in [0, 0.05) is 16.7 Å². The highest BCUT2D eigenvalue weighted by Gasteiger charge is 2.14. The minimum atomic E-state index is 0.727. The van der Waals surface area contributed by atoms with Crippen LogP contribution in [0.25, 0.3) is 77.0 Å². The van der Waals surface area contributed by atoms with Gasteiger partial charge in [0.05, 0.1) is 11.4 Å². The van der Waals surface area contributed by atoms with Gasteiger partial charge in [0.15, 0.2) is 5.82 Å². The van der Waals surface area contributed by atoms with Crippen molar-refractivity contribution >= 4 is 43.1 Å². The third-order valence-corrected chi connectivity index (χ3v) is 7.82. The first-order chi connectivity index (χ1) is 19.8. The fourth-order valence-electron chi connectivity index (χ4n) is 5.80. The summed E-state index contributed by atoms with van der Waals surface area (Å²) in [5.74, 6) is 0.727. The van der Waals surface area contributed by atoms with Crippen molar-refractivity contribution in [2.24, 2.45) is 0 Å². The number of fused-ring (bicyclic) bond motifs is 5. The third-order valence-electron chi connectivity index (χ3n) is 7.82. The van der Waals surface area contributed by atoms with E-state index in [0.717, 1.165) is 33.9 Å². The second-order valence-corrected chi connectivity index (χ2v) is 10.3. The van der Waals surface area contributed by atoms with Crippen molar-refractivity contribution < 1.29 is 0 Å². The minimum Gasteiger partial charge on any atom is -0.228 e. The Balaban J connectivity index is 1.38. The molecule has 2 heteroatoms. The summed E-state index contributed by atoms with van der Waals surface area (Å²) in [5.41, 5.74) is 5.02. The van der Waals surface area contributed by atoms with Gasteiger partial charge in [-0.15, -0.1) is 0 Å². The van der Waals surface area contributed by atoms with Gasteiger partial charge in [0.1, 0.15) is 0 Å². The summed E-state index contributed by atoms with van der Waals surface area (Å²) in [4.78, 5) is 10.2. The van der Waals surface area contributed by atoms with Crippen LogP contribution in [0.5, 0.6) is 0 Å². The van der Waals surface area contributed by atoms with E-state index in [1.807, 2.05) is 18.2 Å². The first kappa shape index (κ1) is 22.6. The van der Waals surface area contributed by atoms with E-state index in [-0.39, 0.29) is 0 Å². The minimum absolute atomic E-state index is 0.727. The molecular formula is C38H24N2. The van der Waals surface area contributed by atoms with Gasteiger partial charge < -0.3 is 0 Å². The predicted octanol–water partition coefficient (Wildman–Crippen LogP) is 10.1. The lowest BCUT2D eigenvalue weighted by atomic mass is 9.94. The second kappa shape index (κ2) is 9.14. The van der Waals surface area contributed by atoms with Crippen LogP contribution in [0.4, 0.5) is 0 Å². The van der Waals surface area contributed by atoms with E-state index in [1.54, 1.807) is 0 Å². The predicted molar refractivity (Wildman–Crippen MR) is 168 cm³/mol. The highest BCUT2D eigenvalue weighted by Crippen LogP contribution is 2.36. The quantitative estimate of drug-likeness (QED) is 0.175. The van der Waals surface area contributed by atoms with Crippen LogP contribution in [-0.2, 0) is 0 Å². The summed E-state index contributed by atoms with van der Waals surface area (Å²) in [5, 5.41) is 9.84. The second-order valence-electron chi connectivity index (χ2n) is 10.3. The molecule has 0 aliphatic heterocycles. The third kappa shape index (κ3) is 3.81. The SMILES string of the molecule is c1ccc(-c2nc(-c3ccc4ccccc4c3)cc(-c3cccc4c3ccc3cc5ccccc5cc34)n2)cc1. The molecule has 0 fully saturated rings. The molecule has 0 unspecified atom stereocenters. The highest BCUT2D eigenvalue weighted by atomic mass is 14.9. The molecule has 0 aliphatic rings. The number of rotatable bonds is 3. The van der Waals surface area contributed by atoms with Crippen molar-refractivity contribution in [2.45, 2.75) is 0 Å². The zero-order chi connectivity index (χ0) is 26.5. The molecule has 0 spiro atoms. The summed E-state index contributed by atoms with van der Waals surface area (Å²) in [6.07, 6.45) is 0. The Hall–Kier alpha value is -5.34. The van der Waals surface area contributed by atoms with E-state index in [1.165, 1.54) is 43.1 Å². The van der Waals surface area contributed by atoms with Gasteiger partial charge in [-0.25, -0.2) is 9.97 Å². The Morgan fingerprint density at radius 2 is 1.00 bits per heavy atom. The lowest BCUT2D eigenvalue weighted by Crippen LogP contribution is -1.96. The van der Waals surface area contributed by atoms with Crippen LogP contribution in [0.3, 0.4) is 0 Å². The number of aromatic nitrogens is 2.